The van der Waals surface area contributed by atoms with Crippen molar-refractivity contribution in [2.45, 2.75) is 37.4 Å². The second-order valence-electron chi connectivity index (χ2n) is 10.9. The third-order valence-corrected chi connectivity index (χ3v) is 9.91. The molecule has 214 valence electrons. The van der Waals surface area contributed by atoms with E-state index in [1.54, 1.807) is 6.07 Å². The summed E-state index contributed by atoms with van der Waals surface area (Å²) in [6, 6.07) is 7.65. The van der Waals surface area contributed by atoms with Gasteiger partial charge in [0.2, 0.25) is 5.91 Å². The van der Waals surface area contributed by atoms with Gasteiger partial charge in [0, 0.05) is 35.6 Å². The molecule has 0 saturated carbocycles. The summed E-state index contributed by atoms with van der Waals surface area (Å²) in [5.74, 6) is -0.0615. The summed E-state index contributed by atoms with van der Waals surface area (Å²) in [5, 5.41) is 1.14. The molecule has 0 bridgehead atoms. The zero-order valence-electron chi connectivity index (χ0n) is 22.5. The van der Waals surface area contributed by atoms with Crippen LogP contribution in [0.3, 0.4) is 0 Å². The normalized spacial score (nSPS) is 22.5. The van der Waals surface area contributed by atoms with Crippen molar-refractivity contribution in [3.05, 3.63) is 35.1 Å². The monoisotopic (exact) mass is 596 g/mol. The van der Waals surface area contributed by atoms with E-state index in [-0.39, 0.29) is 52.7 Å². The third-order valence-electron chi connectivity index (χ3n) is 8.68. The first kappa shape index (κ1) is 26.6. The van der Waals surface area contributed by atoms with E-state index >= 15 is 4.39 Å². The van der Waals surface area contributed by atoms with Gasteiger partial charge in [-0.3, -0.25) is 4.79 Å². The molecule has 2 aromatic heterocycles. The zero-order chi connectivity index (χ0) is 28.4. The van der Waals surface area contributed by atoms with E-state index < -0.39 is 5.82 Å². The number of hydrogen-bond donors (Lipinski definition) is 2. The highest BCUT2D eigenvalue weighted by atomic mass is 35.5. The molecular formula is C28H30ClFN8O2S. The van der Waals surface area contributed by atoms with Crippen LogP contribution in [0.25, 0.3) is 32.2 Å². The van der Waals surface area contributed by atoms with E-state index in [1.165, 1.54) is 11.3 Å². The Hall–Kier alpha value is -3.32. The van der Waals surface area contributed by atoms with E-state index in [0.29, 0.717) is 47.1 Å². The average Bonchev–Trinajstić information content (AvgIpc) is 3.63. The van der Waals surface area contributed by atoms with Crippen LogP contribution in [0.4, 0.5) is 15.3 Å². The highest BCUT2D eigenvalue weighted by Crippen LogP contribution is 2.45. The van der Waals surface area contributed by atoms with Gasteiger partial charge in [-0.05, 0) is 45.0 Å². The largest absolute Gasteiger partial charge is 0.462 e. The molecule has 3 aliphatic heterocycles. The predicted octanol–water partition coefficient (Wildman–Crippen LogP) is 3.50. The van der Waals surface area contributed by atoms with Gasteiger partial charge in [0.1, 0.15) is 17.9 Å². The number of rotatable bonds is 6. The summed E-state index contributed by atoms with van der Waals surface area (Å²) < 4.78 is 23.5. The summed E-state index contributed by atoms with van der Waals surface area (Å²) >= 11 is 8.11. The summed E-state index contributed by atoms with van der Waals surface area (Å²) in [4.78, 5) is 32.3. The molecule has 13 heteroatoms. The molecule has 3 saturated heterocycles. The van der Waals surface area contributed by atoms with Crippen LogP contribution in [0.1, 0.15) is 19.3 Å². The van der Waals surface area contributed by atoms with Gasteiger partial charge < -0.3 is 30.9 Å². The van der Waals surface area contributed by atoms with Crippen LogP contribution in [0.2, 0.25) is 5.02 Å². The number of nitrogens with two attached hydrogens (primary N) is 2. The Morgan fingerprint density at radius 3 is 2.85 bits per heavy atom. The fourth-order valence-corrected chi connectivity index (χ4v) is 7.65. The minimum absolute atomic E-state index is 0.0188. The minimum Gasteiger partial charge on any atom is -0.462 e. The van der Waals surface area contributed by atoms with Gasteiger partial charge in [0.15, 0.2) is 10.9 Å². The van der Waals surface area contributed by atoms with Crippen molar-refractivity contribution < 1.29 is 13.9 Å². The second-order valence-corrected chi connectivity index (χ2v) is 12.4. The number of halogens is 2. The summed E-state index contributed by atoms with van der Waals surface area (Å²) in [5.41, 5.74) is 13.3. The first-order chi connectivity index (χ1) is 19.8. The highest BCUT2D eigenvalue weighted by Gasteiger charge is 2.49. The van der Waals surface area contributed by atoms with Crippen LogP contribution in [-0.2, 0) is 4.79 Å². The molecule has 0 spiro atoms. The standard InChI is InChI=1S/C28H30ClFN8O2S/c1-36-8-3-4-14(36)13-40-28-34-24-16(26(35-28)38-12-20-19(38)7-9-37(20)21(39)11-31)10-17(29)22(23(24)30)15-5-2-6-18-25(15)41-27(32)33-18/h2,5-6,10,14,19-20H,3-4,7-9,11-13,31H2,1H3,(H2,32,33)/t14-,19?,20+/m0/s1. The number of benzene rings is 2. The number of nitrogens with zero attached hydrogens (tertiary/aromatic N) is 6. The molecule has 3 atom stereocenters. The number of hydrogen-bond acceptors (Lipinski definition) is 10. The topological polar surface area (TPSA) is 127 Å². The van der Waals surface area contributed by atoms with Gasteiger partial charge in [-0.1, -0.05) is 35.1 Å². The lowest BCUT2D eigenvalue weighted by Gasteiger charge is -2.47. The first-order valence-corrected chi connectivity index (χ1v) is 15.0. The van der Waals surface area contributed by atoms with Gasteiger partial charge in [-0.25, -0.2) is 9.37 Å². The van der Waals surface area contributed by atoms with Crippen LogP contribution < -0.4 is 21.1 Å². The maximum absolute atomic E-state index is 16.6. The summed E-state index contributed by atoms with van der Waals surface area (Å²) in [6.07, 6.45) is 2.90. The molecule has 7 rings (SSSR count). The molecule has 5 heterocycles. The summed E-state index contributed by atoms with van der Waals surface area (Å²) in [6.45, 7) is 2.59. The van der Waals surface area contributed by atoms with Crippen LogP contribution in [0.15, 0.2) is 24.3 Å². The van der Waals surface area contributed by atoms with Gasteiger partial charge in [-0.2, -0.15) is 9.97 Å². The van der Waals surface area contributed by atoms with Gasteiger partial charge in [-0.15, -0.1) is 0 Å². The number of aromatic nitrogens is 3. The van der Waals surface area contributed by atoms with Crippen molar-refractivity contribution in [2.75, 3.05) is 50.5 Å². The molecule has 3 fully saturated rings. The minimum atomic E-state index is -0.554. The van der Waals surface area contributed by atoms with E-state index in [9.17, 15) is 4.79 Å². The van der Waals surface area contributed by atoms with Crippen molar-refractivity contribution in [3.8, 4) is 17.1 Å². The van der Waals surface area contributed by atoms with E-state index in [0.717, 1.165) is 30.5 Å². The van der Waals surface area contributed by atoms with E-state index in [1.807, 2.05) is 23.1 Å². The van der Waals surface area contributed by atoms with Crippen LogP contribution in [0, 0.1) is 5.82 Å². The molecule has 4 N–H and O–H groups in total. The Kier molecular flexibility index (Phi) is 6.61. The highest BCUT2D eigenvalue weighted by molar-refractivity contribution is 7.22. The predicted molar refractivity (Wildman–Crippen MR) is 159 cm³/mol. The number of likely N-dealkylation sites (tertiary alicyclic amines) is 2. The number of carbonyl (C=O) groups excluding carboxylic acids is 1. The Morgan fingerprint density at radius 2 is 2.07 bits per heavy atom. The second kappa shape index (κ2) is 10.2. The number of thiazole rings is 1. The quantitative estimate of drug-likeness (QED) is 0.344. The first-order valence-electron chi connectivity index (χ1n) is 13.8. The Balaban J connectivity index is 1.34. The lowest BCUT2D eigenvalue weighted by Crippen LogP contribution is -2.63. The SMILES string of the molecule is CN1CCC[C@H]1COc1nc(N2C[C@@H]3C2CCN3C(=O)CN)c2cc(Cl)c(-c3cccc4nc(N)sc34)c(F)c2n1. The van der Waals surface area contributed by atoms with Crippen LogP contribution in [-0.4, -0.2) is 88.6 Å². The zero-order valence-corrected chi connectivity index (χ0v) is 24.1. The van der Waals surface area contributed by atoms with E-state index in [2.05, 4.69) is 26.8 Å². The van der Waals surface area contributed by atoms with E-state index in [4.69, 9.17) is 32.8 Å². The fraction of sp³-hybridized carbons (Fsp3) is 0.429. The molecule has 41 heavy (non-hydrogen) atoms. The molecule has 0 radical (unpaired) electrons. The number of amides is 1. The van der Waals surface area contributed by atoms with Crippen molar-refractivity contribution >= 4 is 60.9 Å². The summed E-state index contributed by atoms with van der Waals surface area (Å²) in [7, 11) is 2.07. The molecule has 0 aliphatic carbocycles. The lowest BCUT2D eigenvalue weighted by atomic mass is 9.95. The number of nitrogen functional groups attached to an aromatic ring is 1. The van der Waals surface area contributed by atoms with Crippen molar-refractivity contribution in [1.29, 1.82) is 0 Å². The number of likely N-dealkylation sites (N-methyl/N-ethyl adjacent to an activating group) is 1. The number of fused-ring (bicyclic) bond motifs is 3. The molecule has 4 aromatic rings. The molecular weight excluding hydrogens is 567 g/mol. The number of carbonyl (C=O) groups is 1. The molecule has 1 unspecified atom stereocenters. The maximum atomic E-state index is 16.6. The third kappa shape index (κ3) is 4.35. The molecule has 1 amide bonds. The Bertz CT molecular complexity index is 1680. The number of anilines is 2. The van der Waals surface area contributed by atoms with Gasteiger partial charge in [0.25, 0.3) is 0 Å². The van der Waals surface area contributed by atoms with Gasteiger partial charge >= 0.3 is 6.01 Å². The Morgan fingerprint density at radius 1 is 1.22 bits per heavy atom. The van der Waals surface area contributed by atoms with Gasteiger partial charge in [0.05, 0.1) is 33.9 Å². The smallest absolute Gasteiger partial charge is 0.319 e. The lowest BCUT2D eigenvalue weighted by molar-refractivity contribution is -0.131. The fourth-order valence-electron chi connectivity index (χ4n) is 6.50. The van der Waals surface area contributed by atoms with Crippen LogP contribution in [0.5, 0.6) is 6.01 Å². The Labute approximate surface area is 245 Å². The van der Waals surface area contributed by atoms with Crippen LogP contribution >= 0.6 is 22.9 Å². The number of ether oxygens (including phenoxy) is 1. The van der Waals surface area contributed by atoms with Crippen molar-refractivity contribution in [2.24, 2.45) is 5.73 Å². The molecule has 3 aliphatic rings. The van der Waals surface area contributed by atoms with Crippen molar-refractivity contribution in [1.82, 2.24) is 24.8 Å². The average molecular weight is 597 g/mol. The molecule has 2 aromatic carbocycles. The maximum Gasteiger partial charge on any atom is 0.319 e. The van der Waals surface area contributed by atoms with Crippen molar-refractivity contribution in [3.63, 3.8) is 0 Å². The molecule has 10 nitrogen and oxygen atoms in total.